The van der Waals surface area contributed by atoms with E-state index in [1.165, 1.54) is 16.8 Å². The Labute approximate surface area is 190 Å². The molecule has 33 heavy (non-hydrogen) atoms. The lowest BCUT2D eigenvalue weighted by molar-refractivity contribution is -0.234. The summed E-state index contributed by atoms with van der Waals surface area (Å²) in [6.45, 7) is -0.0106. The lowest BCUT2D eigenvalue weighted by Crippen LogP contribution is -2.39. The molecule has 4 aliphatic rings. The number of carbonyl (C=O) groups is 1. The van der Waals surface area contributed by atoms with Crippen LogP contribution in [0.15, 0.2) is 57.8 Å². The molecule has 4 atom stereocenters. The highest BCUT2D eigenvalue weighted by Gasteiger charge is 2.59. The number of aromatic nitrogens is 2. The molecule has 1 aromatic heterocycles. The number of fused-ring (bicyclic) bond motifs is 1. The highest BCUT2D eigenvalue weighted by molar-refractivity contribution is 5.73. The summed E-state index contributed by atoms with van der Waals surface area (Å²) in [6, 6.07) is 1.27. The van der Waals surface area contributed by atoms with E-state index in [-0.39, 0.29) is 19.0 Å². The van der Waals surface area contributed by atoms with E-state index in [1.807, 2.05) is 30.4 Å². The zero-order valence-corrected chi connectivity index (χ0v) is 18.3. The van der Waals surface area contributed by atoms with Crippen LogP contribution in [0.1, 0.15) is 51.2 Å². The summed E-state index contributed by atoms with van der Waals surface area (Å²) >= 11 is 0. The lowest BCUT2D eigenvalue weighted by Gasteiger charge is -2.34. The molecule has 5 rings (SSSR count). The molecule has 1 aromatic rings. The quantitative estimate of drug-likeness (QED) is 0.677. The molecule has 2 aliphatic heterocycles. The molecule has 2 aliphatic carbocycles. The zero-order valence-electron chi connectivity index (χ0n) is 18.3. The summed E-state index contributed by atoms with van der Waals surface area (Å²) < 4.78 is 25.7. The molecule has 9 nitrogen and oxygen atoms in total. The summed E-state index contributed by atoms with van der Waals surface area (Å²) in [5, 5.41) is 0. The molecule has 0 aromatic carbocycles. The third-order valence-electron chi connectivity index (χ3n) is 6.56. The number of ether oxygens (including phenoxy) is 4. The standard InChI is InChI=1S/C24H28N2O7/c27-18-10-13-26(23(29)25-18)22-21-20(32-24(33-21)11-6-3-7-12-24)17(31-22)15-30-19(28)14-16-8-4-1-2-5-9-16/h1-2,4,8-10,13,17,20-22H,3,5-7,11-12,14-15H2,(H,25,27,29). The van der Waals surface area contributed by atoms with Gasteiger partial charge in [0, 0.05) is 25.1 Å². The highest BCUT2D eigenvalue weighted by Crippen LogP contribution is 2.48. The van der Waals surface area contributed by atoms with Crippen molar-refractivity contribution in [1.82, 2.24) is 9.55 Å². The average Bonchev–Trinajstić information content (AvgIpc) is 3.17. The zero-order chi connectivity index (χ0) is 22.8. The summed E-state index contributed by atoms with van der Waals surface area (Å²) in [4.78, 5) is 38.7. The highest BCUT2D eigenvalue weighted by atomic mass is 16.8. The van der Waals surface area contributed by atoms with Crippen LogP contribution in [-0.4, -0.2) is 46.2 Å². The first-order valence-electron chi connectivity index (χ1n) is 11.5. The fraction of sp³-hybridized carbons (Fsp3) is 0.542. The van der Waals surface area contributed by atoms with E-state index in [0.717, 1.165) is 44.1 Å². The van der Waals surface area contributed by atoms with Gasteiger partial charge in [-0.25, -0.2) is 4.79 Å². The Hall–Kier alpha value is -2.75. The molecule has 3 heterocycles. The number of carbonyl (C=O) groups excluding carboxylic acids is 1. The van der Waals surface area contributed by atoms with Crippen molar-refractivity contribution in [3.8, 4) is 0 Å². The van der Waals surface area contributed by atoms with Crippen molar-refractivity contribution in [2.45, 2.75) is 75.3 Å². The van der Waals surface area contributed by atoms with Crippen molar-refractivity contribution in [2.24, 2.45) is 0 Å². The van der Waals surface area contributed by atoms with Crippen LogP contribution in [0.25, 0.3) is 0 Å². The first kappa shape index (κ1) is 22.1. The maximum Gasteiger partial charge on any atom is 0.330 e. The van der Waals surface area contributed by atoms with Crippen LogP contribution in [0, 0.1) is 0 Å². The molecule has 1 saturated carbocycles. The van der Waals surface area contributed by atoms with Crippen molar-refractivity contribution in [3.05, 3.63) is 69.1 Å². The number of esters is 1. The van der Waals surface area contributed by atoms with E-state index >= 15 is 0 Å². The van der Waals surface area contributed by atoms with Crippen LogP contribution >= 0.6 is 0 Å². The molecule has 0 radical (unpaired) electrons. The van der Waals surface area contributed by atoms with Crippen molar-refractivity contribution in [1.29, 1.82) is 0 Å². The van der Waals surface area contributed by atoms with Crippen LogP contribution in [0.2, 0.25) is 0 Å². The van der Waals surface area contributed by atoms with Gasteiger partial charge in [0.25, 0.3) is 5.56 Å². The first-order valence-corrected chi connectivity index (χ1v) is 11.5. The first-order chi connectivity index (χ1) is 16.0. The third kappa shape index (κ3) is 4.66. The summed E-state index contributed by atoms with van der Waals surface area (Å²) in [5.74, 6) is -1.06. The molecule has 176 valence electrons. The number of nitrogens with zero attached hydrogens (tertiary/aromatic N) is 1. The molecule has 0 amide bonds. The minimum atomic E-state index is -0.789. The van der Waals surface area contributed by atoms with Gasteiger partial charge in [-0.2, -0.15) is 0 Å². The van der Waals surface area contributed by atoms with E-state index in [0.29, 0.717) is 0 Å². The number of hydrogen-bond donors (Lipinski definition) is 1. The smallest absolute Gasteiger partial charge is 0.330 e. The van der Waals surface area contributed by atoms with Crippen molar-refractivity contribution in [3.63, 3.8) is 0 Å². The molecule has 2 saturated heterocycles. The number of allylic oxidation sites excluding steroid dienone is 5. The molecule has 1 N–H and O–H groups in total. The van der Waals surface area contributed by atoms with Crippen molar-refractivity contribution < 1.29 is 23.7 Å². The number of nitrogens with one attached hydrogen (secondary N) is 1. The van der Waals surface area contributed by atoms with E-state index in [1.54, 1.807) is 0 Å². The topological polar surface area (TPSA) is 109 Å². The van der Waals surface area contributed by atoms with Gasteiger partial charge < -0.3 is 18.9 Å². The van der Waals surface area contributed by atoms with E-state index < -0.39 is 41.6 Å². The van der Waals surface area contributed by atoms with E-state index in [9.17, 15) is 14.4 Å². The average molecular weight is 456 g/mol. The van der Waals surface area contributed by atoms with Gasteiger partial charge in [0.2, 0.25) is 0 Å². The minimum absolute atomic E-state index is 0.0106. The van der Waals surface area contributed by atoms with Crippen LogP contribution < -0.4 is 11.2 Å². The van der Waals surface area contributed by atoms with Crippen LogP contribution in [0.5, 0.6) is 0 Å². The Kier molecular flexibility index (Phi) is 6.18. The van der Waals surface area contributed by atoms with Crippen LogP contribution in [0.3, 0.4) is 0 Å². The number of aromatic amines is 1. The molecule has 0 bridgehead atoms. The summed E-state index contributed by atoms with van der Waals surface area (Å²) in [6.07, 6.45) is 14.3. The summed E-state index contributed by atoms with van der Waals surface area (Å²) in [7, 11) is 0. The Morgan fingerprint density at radius 3 is 2.79 bits per heavy atom. The largest absolute Gasteiger partial charge is 0.463 e. The Morgan fingerprint density at radius 1 is 1.15 bits per heavy atom. The fourth-order valence-electron chi connectivity index (χ4n) is 4.96. The van der Waals surface area contributed by atoms with Crippen LogP contribution in [-0.2, 0) is 23.7 Å². The van der Waals surface area contributed by atoms with Gasteiger partial charge in [0.15, 0.2) is 12.0 Å². The maximum absolute atomic E-state index is 12.5. The SMILES string of the molecule is O=C(CC1=CCC=CC=C1)OCC1OC(n2ccc(=O)[nH]c2=O)C2OC3(CCCCC3)OC12. The second-order valence-electron chi connectivity index (χ2n) is 8.88. The van der Waals surface area contributed by atoms with Gasteiger partial charge in [-0.15, -0.1) is 0 Å². The van der Waals surface area contributed by atoms with Crippen LogP contribution in [0.4, 0.5) is 0 Å². The van der Waals surface area contributed by atoms with Gasteiger partial charge >= 0.3 is 11.7 Å². The fourth-order valence-corrected chi connectivity index (χ4v) is 4.96. The second kappa shape index (κ2) is 9.24. The molecular weight excluding hydrogens is 428 g/mol. The summed E-state index contributed by atoms with van der Waals surface area (Å²) in [5.41, 5.74) is -0.173. The number of H-pyrrole nitrogens is 1. The van der Waals surface area contributed by atoms with E-state index in [4.69, 9.17) is 18.9 Å². The molecule has 9 heteroatoms. The number of hydrogen-bond acceptors (Lipinski definition) is 7. The van der Waals surface area contributed by atoms with Crippen molar-refractivity contribution >= 4 is 5.97 Å². The second-order valence-corrected chi connectivity index (χ2v) is 8.88. The molecular formula is C24H28N2O7. The predicted molar refractivity (Wildman–Crippen MR) is 117 cm³/mol. The Morgan fingerprint density at radius 2 is 1.97 bits per heavy atom. The molecule has 3 fully saturated rings. The maximum atomic E-state index is 12.5. The Bertz CT molecular complexity index is 1090. The van der Waals surface area contributed by atoms with Gasteiger partial charge in [-0.3, -0.25) is 19.1 Å². The lowest BCUT2D eigenvalue weighted by atomic mass is 9.94. The van der Waals surface area contributed by atoms with E-state index in [2.05, 4.69) is 4.98 Å². The third-order valence-corrected chi connectivity index (χ3v) is 6.56. The minimum Gasteiger partial charge on any atom is -0.463 e. The van der Waals surface area contributed by atoms with Gasteiger partial charge in [-0.05, 0) is 24.8 Å². The van der Waals surface area contributed by atoms with Gasteiger partial charge in [0.05, 0.1) is 6.42 Å². The number of rotatable bonds is 5. The Balaban J connectivity index is 1.31. The van der Waals surface area contributed by atoms with Crippen molar-refractivity contribution in [2.75, 3.05) is 6.61 Å². The molecule has 1 spiro atoms. The normalized spacial score (nSPS) is 30.1. The predicted octanol–water partition coefficient (Wildman–Crippen LogP) is 2.25. The monoisotopic (exact) mass is 456 g/mol. The molecule has 4 unspecified atom stereocenters. The van der Waals surface area contributed by atoms with Gasteiger partial charge in [-0.1, -0.05) is 36.8 Å². The van der Waals surface area contributed by atoms with Gasteiger partial charge in [0.1, 0.15) is 24.9 Å².